The van der Waals surface area contributed by atoms with E-state index in [0.717, 1.165) is 19.0 Å². The largest absolute Gasteiger partial charge is 0.314 e. The molecule has 0 unspecified atom stereocenters. The Kier molecular flexibility index (Phi) is 4.46. The zero-order valence-corrected chi connectivity index (χ0v) is 11.7. The van der Waals surface area contributed by atoms with E-state index in [4.69, 9.17) is 0 Å². The van der Waals surface area contributed by atoms with Crippen LogP contribution in [0.2, 0.25) is 0 Å². The lowest BCUT2D eigenvalue weighted by molar-refractivity contribution is 0.103. The van der Waals surface area contributed by atoms with Crippen molar-refractivity contribution in [2.75, 3.05) is 26.2 Å². The predicted molar refractivity (Wildman–Crippen MR) is 78.0 cm³/mol. The summed E-state index contributed by atoms with van der Waals surface area (Å²) in [5.41, 5.74) is 1.43. The molecule has 2 fully saturated rings. The fourth-order valence-electron chi connectivity index (χ4n) is 3.74. The van der Waals surface area contributed by atoms with Crippen LogP contribution in [-0.2, 0) is 0 Å². The van der Waals surface area contributed by atoms with Crippen LogP contribution in [0, 0.1) is 5.92 Å². The van der Waals surface area contributed by atoms with E-state index in [-0.39, 0.29) is 0 Å². The second-order valence-corrected chi connectivity index (χ2v) is 5.92. The van der Waals surface area contributed by atoms with Crippen molar-refractivity contribution in [1.29, 1.82) is 0 Å². The third kappa shape index (κ3) is 3.15. The Morgan fingerprint density at radius 3 is 2.63 bits per heavy atom. The first-order chi connectivity index (χ1) is 9.45. The maximum absolute atomic E-state index is 4.35. The van der Waals surface area contributed by atoms with Crippen LogP contribution in [-0.4, -0.2) is 36.1 Å². The first kappa shape index (κ1) is 13.1. The smallest absolute Gasteiger partial charge is 0.0392 e. The summed E-state index contributed by atoms with van der Waals surface area (Å²) >= 11 is 0. The summed E-state index contributed by atoms with van der Waals surface area (Å²) in [6.45, 7) is 4.61. The molecule has 0 aromatic carbocycles. The van der Waals surface area contributed by atoms with E-state index in [0.29, 0.717) is 6.04 Å². The van der Waals surface area contributed by atoms with Crippen LogP contribution in [0.5, 0.6) is 0 Å². The van der Waals surface area contributed by atoms with Gasteiger partial charge in [-0.3, -0.25) is 9.88 Å². The van der Waals surface area contributed by atoms with Crippen molar-refractivity contribution >= 4 is 0 Å². The van der Waals surface area contributed by atoms with Crippen molar-refractivity contribution in [1.82, 2.24) is 15.2 Å². The molecule has 0 spiro atoms. The molecular weight excluding hydrogens is 234 g/mol. The minimum Gasteiger partial charge on any atom is -0.314 e. The third-order valence-corrected chi connectivity index (χ3v) is 4.67. The maximum atomic E-state index is 4.35. The molecule has 1 saturated carbocycles. The highest BCUT2D eigenvalue weighted by Gasteiger charge is 2.30. The zero-order valence-electron chi connectivity index (χ0n) is 11.7. The Morgan fingerprint density at radius 2 is 1.95 bits per heavy atom. The van der Waals surface area contributed by atoms with Crippen LogP contribution in [0.1, 0.15) is 43.7 Å². The fraction of sp³-hybridized carbons (Fsp3) is 0.688. The molecule has 1 saturated heterocycles. The van der Waals surface area contributed by atoms with E-state index in [9.17, 15) is 0 Å². The van der Waals surface area contributed by atoms with Gasteiger partial charge in [0.15, 0.2) is 0 Å². The van der Waals surface area contributed by atoms with Crippen LogP contribution in [0.3, 0.4) is 0 Å². The van der Waals surface area contributed by atoms with E-state index in [1.807, 2.05) is 6.20 Å². The van der Waals surface area contributed by atoms with Crippen molar-refractivity contribution in [3.05, 3.63) is 30.1 Å². The van der Waals surface area contributed by atoms with E-state index < -0.39 is 0 Å². The Morgan fingerprint density at radius 1 is 1.16 bits per heavy atom. The predicted octanol–water partition coefficient (Wildman–Crippen LogP) is 2.61. The normalized spacial score (nSPS) is 24.2. The van der Waals surface area contributed by atoms with E-state index >= 15 is 0 Å². The lowest BCUT2D eigenvalue weighted by atomic mass is 9.80. The molecule has 1 aliphatic heterocycles. The standard InChI is InChI=1S/C16H25N3/c1-2-5-14(6-3-1)16(15-7-4-8-18-13-15)19-11-9-17-10-12-19/h4,7-8,13-14,16-17H,1-3,5-6,9-12H2/t16-/m0/s1. The number of pyridine rings is 1. The number of rotatable bonds is 3. The van der Waals surface area contributed by atoms with Gasteiger partial charge in [-0.05, 0) is 30.4 Å². The molecule has 1 atom stereocenters. The molecule has 0 bridgehead atoms. The highest BCUT2D eigenvalue weighted by Crippen LogP contribution is 2.38. The highest BCUT2D eigenvalue weighted by molar-refractivity contribution is 5.16. The molecule has 2 heterocycles. The second-order valence-electron chi connectivity index (χ2n) is 5.92. The van der Waals surface area contributed by atoms with Crippen LogP contribution in [0.15, 0.2) is 24.5 Å². The molecule has 2 aliphatic rings. The first-order valence-electron chi connectivity index (χ1n) is 7.80. The number of nitrogens with zero attached hydrogens (tertiary/aromatic N) is 2. The third-order valence-electron chi connectivity index (χ3n) is 4.67. The molecule has 1 aromatic heterocycles. The van der Waals surface area contributed by atoms with Crippen LogP contribution in [0.4, 0.5) is 0 Å². The molecule has 104 valence electrons. The van der Waals surface area contributed by atoms with Crippen LogP contribution in [0.25, 0.3) is 0 Å². The second kappa shape index (κ2) is 6.49. The molecule has 3 nitrogen and oxygen atoms in total. The Labute approximate surface area is 116 Å². The molecule has 1 aliphatic carbocycles. The summed E-state index contributed by atoms with van der Waals surface area (Å²) in [5, 5.41) is 3.47. The SMILES string of the molecule is c1cncc([C@H](C2CCCCC2)N2CCNCC2)c1. The summed E-state index contributed by atoms with van der Waals surface area (Å²) in [7, 11) is 0. The summed E-state index contributed by atoms with van der Waals surface area (Å²) in [5.74, 6) is 0.830. The van der Waals surface area contributed by atoms with Gasteiger partial charge in [0, 0.05) is 44.6 Å². The van der Waals surface area contributed by atoms with E-state index in [1.165, 1.54) is 50.8 Å². The number of nitrogens with one attached hydrogen (secondary N) is 1. The number of hydrogen-bond donors (Lipinski definition) is 1. The van der Waals surface area contributed by atoms with Gasteiger partial charge in [0.25, 0.3) is 0 Å². The van der Waals surface area contributed by atoms with E-state index in [1.54, 1.807) is 0 Å². The molecule has 1 aromatic rings. The van der Waals surface area contributed by atoms with Gasteiger partial charge in [0.05, 0.1) is 0 Å². The van der Waals surface area contributed by atoms with Crippen molar-refractivity contribution in [3.63, 3.8) is 0 Å². The molecule has 1 N–H and O–H groups in total. The minimum absolute atomic E-state index is 0.594. The monoisotopic (exact) mass is 259 g/mol. The molecule has 3 heteroatoms. The van der Waals surface area contributed by atoms with Crippen molar-refractivity contribution < 1.29 is 0 Å². The lowest BCUT2D eigenvalue weighted by Gasteiger charge is -2.41. The summed E-state index contributed by atoms with van der Waals surface area (Å²) < 4.78 is 0. The summed E-state index contributed by atoms with van der Waals surface area (Å²) in [4.78, 5) is 7.04. The molecule has 0 radical (unpaired) electrons. The Balaban J connectivity index is 1.81. The topological polar surface area (TPSA) is 28.2 Å². The van der Waals surface area contributed by atoms with Gasteiger partial charge in [-0.2, -0.15) is 0 Å². The average molecular weight is 259 g/mol. The number of piperazine rings is 1. The number of aromatic nitrogens is 1. The van der Waals surface area contributed by atoms with Crippen molar-refractivity contribution in [2.24, 2.45) is 5.92 Å². The Hall–Kier alpha value is -0.930. The molecular formula is C16H25N3. The lowest BCUT2D eigenvalue weighted by Crippen LogP contribution is -2.47. The molecule has 0 amide bonds. The molecule has 3 rings (SSSR count). The van der Waals surface area contributed by atoms with Crippen molar-refractivity contribution in [2.45, 2.75) is 38.1 Å². The molecule has 19 heavy (non-hydrogen) atoms. The summed E-state index contributed by atoms with van der Waals surface area (Å²) in [6, 6.07) is 4.96. The van der Waals surface area contributed by atoms with Crippen LogP contribution >= 0.6 is 0 Å². The van der Waals surface area contributed by atoms with Gasteiger partial charge in [0.2, 0.25) is 0 Å². The van der Waals surface area contributed by atoms with Gasteiger partial charge in [0.1, 0.15) is 0 Å². The zero-order chi connectivity index (χ0) is 12.9. The van der Waals surface area contributed by atoms with Gasteiger partial charge in [-0.25, -0.2) is 0 Å². The highest BCUT2D eigenvalue weighted by atomic mass is 15.2. The Bertz CT molecular complexity index is 349. The van der Waals surface area contributed by atoms with Gasteiger partial charge >= 0.3 is 0 Å². The minimum atomic E-state index is 0.594. The average Bonchev–Trinajstić information content (AvgIpc) is 2.51. The van der Waals surface area contributed by atoms with E-state index in [2.05, 4.69) is 33.5 Å². The van der Waals surface area contributed by atoms with Gasteiger partial charge < -0.3 is 5.32 Å². The fourth-order valence-corrected chi connectivity index (χ4v) is 3.74. The van der Waals surface area contributed by atoms with Crippen LogP contribution < -0.4 is 5.32 Å². The van der Waals surface area contributed by atoms with Crippen molar-refractivity contribution in [3.8, 4) is 0 Å². The van der Waals surface area contributed by atoms with Gasteiger partial charge in [-0.1, -0.05) is 25.3 Å². The van der Waals surface area contributed by atoms with Gasteiger partial charge in [-0.15, -0.1) is 0 Å². The maximum Gasteiger partial charge on any atom is 0.0392 e. The number of hydrogen-bond acceptors (Lipinski definition) is 3. The summed E-state index contributed by atoms with van der Waals surface area (Å²) in [6.07, 6.45) is 11.0. The first-order valence-corrected chi connectivity index (χ1v) is 7.80. The quantitative estimate of drug-likeness (QED) is 0.904.